The number of nitrogens with one attached hydrogen (secondary N) is 1. The molecule has 11 heteroatoms. The molecule has 3 aliphatic heterocycles. The Hall–Kier alpha value is -4.41. The number of carbonyl (C=O) groups is 5. The third-order valence-corrected chi connectivity index (χ3v) is 8.92. The lowest BCUT2D eigenvalue weighted by Crippen LogP contribution is -2.53. The van der Waals surface area contributed by atoms with Gasteiger partial charge in [0.05, 0.1) is 12.6 Å². The molecule has 45 heavy (non-hydrogen) atoms. The van der Waals surface area contributed by atoms with Crippen molar-refractivity contribution in [2.45, 2.75) is 70.3 Å². The van der Waals surface area contributed by atoms with Gasteiger partial charge in [-0.25, -0.2) is 4.79 Å². The van der Waals surface area contributed by atoms with E-state index in [4.69, 9.17) is 4.74 Å². The van der Waals surface area contributed by atoms with Crippen molar-refractivity contribution < 1.29 is 28.7 Å². The Balaban J connectivity index is 1.25. The van der Waals surface area contributed by atoms with E-state index >= 15 is 0 Å². The minimum absolute atomic E-state index is 0.108. The topological polar surface area (TPSA) is 120 Å². The van der Waals surface area contributed by atoms with E-state index in [-0.39, 0.29) is 42.6 Å². The van der Waals surface area contributed by atoms with Gasteiger partial charge < -0.3 is 24.8 Å². The maximum Gasteiger partial charge on any atom is 0.410 e. The lowest BCUT2D eigenvalue weighted by molar-refractivity contribution is -0.138. The van der Waals surface area contributed by atoms with Crippen molar-refractivity contribution in [2.24, 2.45) is 5.92 Å². The number of amides is 4. The van der Waals surface area contributed by atoms with Crippen LogP contribution in [0.4, 0.5) is 10.5 Å². The number of nitrogens with zero attached hydrogens (tertiary/aromatic N) is 4. The highest BCUT2D eigenvalue weighted by Crippen LogP contribution is 2.33. The molecular weight excluding hydrogens is 574 g/mol. The fourth-order valence-corrected chi connectivity index (χ4v) is 6.64. The van der Waals surface area contributed by atoms with E-state index in [1.54, 1.807) is 21.9 Å². The van der Waals surface area contributed by atoms with Gasteiger partial charge in [0.2, 0.25) is 11.8 Å². The van der Waals surface area contributed by atoms with Gasteiger partial charge in [0.1, 0.15) is 24.7 Å². The van der Waals surface area contributed by atoms with Crippen LogP contribution in [-0.2, 0) is 25.7 Å². The number of benzene rings is 2. The maximum atomic E-state index is 13.9. The van der Waals surface area contributed by atoms with Crippen LogP contribution in [0, 0.1) is 5.92 Å². The van der Waals surface area contributed by atoms with Crippen LogP contribution < -0.4 is 10.2 Å². The van der Waals surface area contributed by atoms with Gasteiger partial charge in [-0.05, 0) is 61.4 Å². The largest absolute Gasteiger partial charge is 0.445 e. The molecule has 4 amide bonds. The first-order chi connectivity index (χ1) is 21.5. The van der Waals surface area contributed by atoms with Crippen molar-refractivity contribution in [3.8, 4) is 0 Å². The van der Waals surface area contributed by atoms with E-state index in [2.05, 4.69) is 5.32 Å². The molecule has 3 heterocycles. The van der Waals surface area contributed by atoms with E-state index in [0.717, 1.165) is 11.3 Å². The lowest BCUT2D eigenvalue weighted by Gasteiger charge is -2.31. The van der Waals surface area contributed by atoms with Gasteiger partial charge in [-0.3, -0.25) is 24.1 Å². The molecule has 3 saturated heterocycles. The van der Waals surface area contributed by atoms with Gasteiger partial charge in [-0.2, -0.15) is 0 Å². The highest BCUT2D eigenvalue weighted by molar-refractivity contribution is 6.01. The van der Waals surface area contributed by atoms with Gasteiger partial charge >= 0.3 is 6.09 Å². The van der Waals surface area contributed by atoms with Crippen LogP contribution in [0.2, 0.25) is 0 Å². The molecule has 3 fully saturated rings. The molecule has 3 aliphatic rings. The van der Waals surface area contributed by atoms with Gasteiger partial charge in [-0.1, -0.05) is 44.2 Å². The normalized spacial score (nSPS) is 21.6. The standard InChI is InChI=1S/C34H43N5O6/c1-22(2)19-26(35-31(41)24-12-14-25(15-13-24)36(3)4)32(42)38-18-16-27-30(38)29(40)20-39(27)33(43)28-11-8-17-37(28)34(44)45-21-23-9-6-5-7-10-23/h5-7,9-10,12-15,22,26-28,30H,8,11,16-21H2,1-4H3,(H,35,41)/t26-,27+,28+,30-/m0/s1. The number of likely N-dealkylation sites (tertiary alicyclic amines) is 3. The first-order valence-corrected chi connectivity index (χ1v) is 15.7. The van der Waals surface area contributed by atoms with Gasteiger partial charge in [0.15, 0.2) is 5.78 Å². The van der Waals surface area contributed by atoms with Crippen LogP contribution in [0.1, 0.15) is 55.5 Å². The summed E-state index contributed by atoms with van der Waals surface area (Å²) in [6.07, 6.45) is 1.46. The van der Waals surface area contributed by atoms with E-state index in [9.17, 15) is 24.0 Å². The minimum atomic E-state index is -0.813. The number of fused-ring (bicyclic) bond motifs is 1. The van der Waals surface area contributed by atoms with Crippen molar-refractivity contribution in [1.82, 2.24) is 20.0 Å². The molecule has 0 aliphatic carbocycles. The number of ether oxygens (including phenoxy) is 1. The predicted octanol–water partition coefficient (Wildman–Crippen LogP) is 3.08. The number of anilines is 1. The van der Waals surface area contributed by atoms with Gasteiger partial charge in [0.25, 0.3) is 5.91 Å². The maximum absolute atomic E-state index is 13.9. The summed E-state index contributed by atoms with van der Waals surface area (Å²) < 4.78 is 5.51. The number of rotatable bonds is 9. The monoisotopic (exact) mass is 617 g/mol. The van der Waals surface area contributed by atoms with Crippen LogP contribution in [0.25, 0.3) is 0 Å². The number of hydrogen-bond acceptors (Lipinski definition) is 7. The van der Waals surface area contributed by atoms with Crippen LogP contribution in [-0.4, -0.2) is 102 Å². The molecule has 2 aromatic carbocycles. The smallest absolute Gasteiger partial charge is 0.410 e. The molecule has 0 radical (unpaired) electrons. The summed E-state index contributed by atoms with van der Waals surface area (Å²) in [6.45, 7) is 4.66. The van der Waals surface area contributed by atoms with Gasteiger partial charge in [-0.15, -0.1) is 0 Å². The zero-order chi connectivity index (χ0) is 32.2. The second-order valence-electron chi connectivity index (χ2n) is 12.8. The molecule has 0 unspecified atom stereocenters. The van der Waals surface area contributed by atoms with Crippen LogP contribution in [0.15, 0.2) is 54.6 Å². The summed E-state index contributed by atoms with van der Waals surface area (Å²) in [7, 11) is 3.83. The Labute approximate surface area is 264 Å². The fraction of sp³-hybridized carbons (Fsp3) is 0.500. The Morgan fingerprint density at radius 1 is 0.933 bits per heavy atom. The molecule has 5 rings (SSSR count). The molecule has 2 aromatic rings. The number of ketones is 1. The summed E-state index contributed by atoms with van der Waals surface area (Å²) >= 11 is 0. The van der Waals surface area contributed by atoms with E-state index in [1.807, 2.05) is 75.3 Å². The van der Waals surface area contributed by atoms with Crippen LogP contribution in [0.3, 0.4) is 0 Å². The molecule has 0 aromatic heterocycles. The third kappa shape index (κ3) is 6.97. The van der Waals surface area contributed by atoms with Crippen molar-refractivity contribution in [2.75, 3.05) is 38.6 Å². The lowest BCUT2D eigenvalue weighted by atomic mass is 10.0. The van der Waals surface area contributed by atoms with Crippen LogP contribution in [0.5, 0.6) is 0 Å². The molecule has 0 bridgehead atoms. The zero-order valence-electron chi connectivity index (χ0n) is 26.5. The second-order valence-corrected chi connectivity index (χ2v) is 12.8. The van der Waals surface area contributed by atoms with Crippen molar-refractivity contribution >= 4 is 35.3 Å². The number of Topliss-reactive ketones (excluding diaryl/α,β-unsaturated/α-hetero) is 1. The van der Waals surface area contributed by atoms with Crippen molar-refractivity contribution in [3.63, 3.8) is 0 Å². The summed E-state index contributed by atoms with van der Waals surface area (Å²) in [5.74, 6) is -1.05. The van der Waals surface area contributed by atoms with Crippen molar-refractivity contribution in [1.29, 1.82) is 0 Å². The fourth-order valence-electron chi connectivity index (χ4n) is 6.64. The summed E-state index contributed by atoms with van der Waals surface area (Å²) in [5, 5.41) is 2.91. The van der Waals surface area contributed by atoms with E-state index < -0.39 is 30.3 Å². The molecule has 1 N–H and O–H groups in total. The number of carbonyl (C=O) groups excluding carboxylic acids is 5. The molecule has 0 saturated carbocycles. The Morgan fingerprint density at radius 3 is 2.31 bits per heavy atom. The quantitative estimate of drug-likeness (QED) is 0.459. The summed E-state index contributed by atoms with van der Waals surface area (Å²) in [6, 6.07) is 13.7. The number of hydrogen-bond donors (Lipinski definition) is 1. The van der Waals surface area contributed by atoms with Crippen molar-refractivity contribution in [3.05, 3.63) is 65.7 Å². The first kappa shape index (κ1) is 32.0. The summed E-state index contributed by atoms with van der Waals surface area (Å²) in [5.41, 5.74) is 2.25. The van der Waals surface area contributed by atoms with E-state index in [0.29, 0.717) is 44.3 Å². The zero-order valence-corrected chi connectivity index (χ0v) is 26.5. The Kier molecular flexibility index (Phi) is 9.74. The molecule has 240 valence electrons. The summed E-state index contributed by atoms with van der Waals surface area (Å²) in [4.78, 5) is 73.7. The first-order valence-electron chi connectivity index (χ1n) is 15.7. The average molecular weight is 618 g/mol. The second kappa shape index (κ2) is 13.7. The molecule has 4 atom stereocenters. The van der Waals surface area contributed by atoms with Gasteiger partial charge in [0, 0.05) is 38.4 Å². The third-order valence-electron chi connectivity index (χ3n) is 8.92. The minimum Gasteiger partial charge on any atom is -0.445 e. The molecular formula is C34H43N5O6. The Morgan fingerprint density at radius 2 is 1.64 bits per heavy atom. The molecule has 11 nitrogen and oxygen atoms in total. The average Bonchev–Trinajstić information content (AvgIpc) is 3.77. The highest BCUT2D eigenvalue weighted by Gasteiger charge is 2.54. The Bertz CT molecular complexity index is 1410. The molecule has 0 spiro atoms. The van der Waals surface area contributed by atoms with Crippen LogP contribution >= 0.6 is 0 Å². The predicted molar refractivity (Wildman–Crippen MR) is 168 cm³/mol. The van der Waals surface area contributed by atoms with E-state index in [1.165, 1.54) is 4.90 Å². The highest BCUT2D eigenvalue weighted by atomic mass is 16.6. The SMILES string of the molecule is CC(C)C[C@H](NC(=O)c1ccc(N(C)C)cc1)C(=O)N1CC[C@@H]2[C@H]1C(=O)CN2C(=O)[C@H]1CCCN1C(=O)OCc1ccccc1.